The zero-order chi connectivity index (χ0) is 32.6. The number of nitrogens with one attached hydrogen (secondary N) is 2. The predicted molar refractivity (Wildman–Crippen MR) is 162 cm³/mol. The normalized spacial score (nSPS) is 18.0. The van der Waals surface area contributed by atoms with Crippen LogP contribution in [0, 0.1) is 0 Å². The number of nitrogens with zero attached hydrogens (tertiary/aromatic N) is 2. The maximum atomic E-state index is 13.8. The summed E-state index contributed by atoms with van der Waals surface area (Å²) in [6, 6.07) is 4.30. The first-order valence-electron chi connectivity index (χ1n) is 14.9. The fourth-order valence-corrected chi connectivity index (χ4v) is 5.24. The molecule has 1 aliphatic heterocycles. The van der Waals surface area contributed by atoms with Gasteiger partial charge in [0.2, 0.25) is 17.7 Å². The fourth-order valence-electron chi connectivity index (χ4n) is 5.24. The van der Waals surface area contributed by atoms with Gasteiger partial charge in [-0.1, -0.05) is 37.6 Å². The molecule has 0 radical (unpaired) electrons. The predicted octanol–water partition coefficient (Wildman–Crippen LogP) is 3.48. The Labute approximate surface area is 255 Å². The van der Waals surface area contributed by atoms with E-state index in [9.17, 15) is 28.8 Å². The molecule has 1 fully saturated rings. The zero-order valence-corrected chi connectivity index (χ0v) is 27.0. The highest BCUT2D eigenvalue weighted by molar-refractivity contribution is 6.05. The average Bonchev–Trinajstić information content (AvgIpc) is 3.30. The van der Waals surface area contributed by atoms with Crippen molar-refractivity contribution in [2.24, 2.45) is 0 Å². The van der Waals surface area contributed by atoms with Crippen LogP contribution < -0.4 is 10.6 Å². The van der Waals surface area contributed by atoms with Gasteiger partial charge in [0.1, 0.15) is 41.2 Å². The molecule has 11 nitrogen and oxygen atoms in total. The Kier molecular flexibility index (Phi) is 12.5. The second-order valence-electron chi connectivity index (χ2n) is 12.4. The summed E-state index contributed by atoms with van der Waals surface area (Å²) in [6.45, 7) is 13.5. The van der Waals surface area contributed by atoms with E-state index in [0.29, 0.717) is 31.2 Å². The average molecular weight is 601 g/mol. The van der Waals surface area contributed by atoms with Gasteiger partial charge >= 0.3 is 6.09 Å². The smallest absolute Gasteiger partial charge is 0.410 e. The number of hydrogen-bond donors (Lipinski definition) is 2. The second-order valence-corrected chi connectivity index (χ2v) is 12.4. The van der Waals surface area contributed by atoms with Crippen molar-refractivity contribution in [1.29, 1.82) is 0 Å². The minimum Gasteiger partial charge on any atom is -0.444 e. The van der Waals surface area contributed by atoms with Crippen LogP contribution in [0.3, 0.4) is 0 Å². The van der Waals surface area contributed by atoms with Crippen LogP contribution in [-0.4, -0.2) is 82.0 Å². The van der Waals surface area contributed by atoms with Gasteiger partial charge in [0, 0.05) is 19.6 Å². The number of benzene rings is 1. The second kappa shape index (κ2) is 15.1. The standard InChI is InChI=1S/C32H48N4O7/c1-10-12-25(34-28(39)20(3)35(9)31(42)43-32(6,7)8)30(41)36-19(2)15-16-26(36)29(40)33-18-23-13-11-14-24(17-23)27(21(4)37)22(5)38/h11,13-14,17,19-20,25-27H,10,12,15-16,18H2,1-9H3,(H,33,40)(H,34,39)/t19-,20-,25-,26-/m0/s1. The number of likely N-dealkylation sites (N-methyl/N-ethyl adjacent to an activating group) is 1. The van der Waals surface area contributed by atoms with Crippen LogP contribution in [-0.2, 0) is 35.3 Å². The molecule has 43 heavy (non-hydrogen) atoms. The molecular formula is C32H48N4O7. The van der Waals surface area contributed by atoms with Crippen LogP contribution in [0.5, 0.6) is 0 Å². The van der Waals surface area contributed by atoms with Crippen molar-refractivity contribution < 1.29 is 33.5 Å². The number of ketones is 2. The first-order chi connectivity index (χ1) is 20.0. The molecule has 1 aliphatic rings. The molecule has 4 atom stereocenters. The summed E-state index contributed by atoms with van der Waals surface area (Å²) in [5, 5.41) is 5.70. The Morgan fingerprint density at radius 1 is 1.07 bits per heavy atom. The maximum Gasteiger partial charge on any atom is 0.410 e. The van der Waals surface area contributed by atoms with Gasteiger partial charge in [-0.25, -0.2) is 4.79 Å². The lowest BCUT2D eigenvalue weighted by atomic mass is 9.91. The molecule has 238 valence electrons. The van der Waals surface area contributed by atoms with E-state index < -0.39 is 41.6 Å². The molecule has 1 aromatic carbocycles. The first kappa shape index (κ1) is 35.4. The molecule has 1 aromatic rings. The Bertz CT molecular complexity index is 1190. The molecule has 0 aliphatic carbocycles. The summed E-state index contributed by atoms with van der Waals surface area (Å²) < 4.78 is 5.36. The third kappa shape index (κ3) is 9.62. The lowest BCUT2D eigenvalue weighted by molar-refractivity contribution is -0.143. The summed E-state index contributed by atoms with van der Waals surface area (Å²) in [5.74, 6) is -2.51. The Hall–Kier alpha value is -3.76. The van der Waals surface area contributed by atoms with Crippen molar-refractivity contribution in [3.63, 3.8) is 0 Å². The molecule has 1 heterocycles. The van der Waals surface area contributed by atoms with Crippen LogP contribution in [0.25, 0.3) is 0 Å². The number of carbonyl (C=O) groups excluding carboxylic acids is 6. The summed E-state index contributed by atoms with van der Waals surface area (Å²) in [7, 11) is 1.47. The van der Waals surface area contributed by atoms with Gasteiger partial charge in [-0.2, -0.15) is 0 Å². The quantitative estimate of drug-likeness (QED) is 0.350. The van der Waals surface area contributed by atoms with Gasteiger partial charge in [-0.05, 0) is 78.9 Å². The van der Waals surface area contributed by atoms with E-state index in [1.54, 1.807) is 56.9 Å². The largest absolute Gasteiger partial charge is 0.444 e. The van der Waals surface area contributed by atoms with Gasteiger partial charge in [0.15, 0.2) is 0 Å². The van der Waals surface area contributed by atoms with Gasteiger partial charge in [-0.3, -0.25) is 28.9 Å². The lowest BCUT2D eigenvalue weighted by Gasteiger charge is -2.33. The van der Waals surface area contributed by atoms with Crippen LogP contribution in [0.2, 0.25) is 0 Å². The summed E-state index contributed by atoms with van der Waals surface area (Å²) in [6.07, 6.45) is 1.43. The highest BCUT2D eigenvalue weighted by atomic mass is 16.6. The van der Waals surface area contributed by atoms with E-state index in [0.717, 1.165) is 5.56 Å². The molecule has 0 aromatic heterocycles. The molecule has 4 amide bonds. The summed E-state index contributed by atoms with van der Waals surface area (Å²) in [5.41, 5.74) is 0.571. The minimum absolute atomic E-state index is 0.158. The van der Waals surface area contributed by atoms with Crippen LogP contribution in [0.4, 0.5) is 4.79 Å². The van der Waals surface area contributed by atoms with Gasteiger partial charge in [-0.15, -0.1) is 0 Å². The lowest BCUT2D eigenvalue weighted by Crippen LogP contribution is -2.57. The molecule has 2 rings (SSSR count). The molecule has 0 unspecified atom stereocenters. The maximum absolute atomic E-state index is 13.8. The fraction of sp³-hybridized carbons (Fsp3) is 0.625. The molecule has 0 spiro atoms. The van der Waals surface area contributed by atoms with E-state index in [-0.39, 0.29) is 36.0 Å². The Balaban J connectivity index is 2.14. The van der Waals surface area contributed by atoms with Crippen molar-refractivity contribution in [2.45, 2.75) is 123 Å². The molecule has 1 saturated heterocycles. The van der Waals surface area contributed by atoms with Crippen molar-refractivity contribution in [2.75, 3.05) is 7.05 Å². The third-order valence-corrected chi connectivity index (χ3v) is 7.62. The molecule has 2 N–H and O–H groups in total. The number of carbonyl (C=O) groups is 6. The van der Waals surface area contributed by atoms with Gasteiger partial charge < -0.3 is 20.3 Å². The van der Waals surface area contributed by atoms with Gasteiger partial charge in [0.25, 0.3) is 0 Å². The van der Waals surface area contributed by atoms with Crippen LogP contribution in [0.15, 0.2) is 24.3 Å². The van der Waals surface area contributed by atoms with Crippen molar-refractivity contribution >= 4 is 35.4 Å². The van der Waals surface area contributed by atoms with Crippen LogP contribution in [0.1, 0.15) is 98.1 Å². The van der Waals surface area contributed by atoms with E-state index in [4.69, 9.17) is 4.74 Å². The highest BCUT2D eigenvalue weighted by Gasteiger charge is 2.42. The third-order valence-electron chi connectivity index (χ3n) is 7.62. The van der Waals surface area contributed by atoms with E-state index in [1.807, 2.05) is 13.8 Å². The molecule has 0 bridgehead atoms. The number of rotatable bonds is 12. The summed E-state index contributed by atoms with van der Waals surface area (Å²) >= 11 is 0. The zero-order valence-electron chi connectivity index (χ0n) is 27.0. The van der Waals surface area contributed by atoms with E-state index >= 15 is 0 Å². The highest BCUT2D eigenvalue weighted by Crippen LogP contribution is 2.26. The summed E-state index contributed by atoms with van der Waals surface area (Å²) in [4.78, 5) is 79.5. The topological polar surface area (TPSA) is 142 Å². The molecule has 11 heteroatoms. The SMILES string of the molecule is CCC[C@H](NC(=O)[C@H](C)N(C)C(=O)OC(C)(C)C)C(=O)N1[C@@H](C)CC[C@H]1C(=O)NCc1cccc(C(C(C)=O)C(C)=O)c1. The Morgan fingerprint density at radius 3 is 2.26 bits per heavy atom. The Morgan fingerprint density at radius 2 is 1.70 bits per heavy atom. The van der Waals surface area contributed by atoms with Crippen molar-refractivity contribution in [3.05, 3.63) is 35.4 Å². The number of hydrogen-bond acceptors (Lipinski definition) is 7. The molecule has 0 saturated carbocycles. The monoisotopic (exact) mass is 600 g/mol. The van der Waals surface area contributed by atoms with Gasteiger partial charge in [0.05, 0.1) is 0 Å². The van der Waals surface area contributed by atoms with Crippen molar-refractivity contribution in [1.82, 2.24) is 20.4 Å². The number of likely N-dealkylation sites (tertiary alicyclic amines) is 1. The van der Waals surface area contributed by atoms with Crippen LogP contribution >= 0.6 is 0 Å². The molecular weight excluding hydrogens is 552 g/mol. The minimum atomic E-state index is -0.890. The first-order valence-corrected chi connectivity index (χ1v) is 14.9. The van der Waals surface area contributed by atoms with E-state index in [2.05, 4.69) is 10.6 Å². The number of Topliss-reactive ketones (excluding diaryl/α,β-unsaturated/α-hetero) is 2. The number of ether oxygens (including phenoxy) is 1. The van der Waals surface area contributed by atoms with E-state index in [1.165, 1.54) is 25.8 Å². The van der Waals surface area contributed by atoms with Crippen molar-refractivity contribution in [3.8, 4) is 0 Å². The number of amides is 4.